The molecule has 0 aliphatic carbocycles. The molecule has 0 bridgehead atoms. The van der Waals surface area contributed by atoms with Gasteiger partial charge >= 0.3 is 5.97 Å². The molecule has 1 atom stereocenters. The van der Waals surface area contributed by atoms with Gasteiger partial charge in [0.25, 0.3) is 5.91 Å². The molecule has 0 fully saturated rings. The fourth-order valence-electron chi connectivity index (χ4n) is 4.71. The van der Waals surface area contributed by atoms with E-state index in [1.54, 1.807) is 24.3 Å². The molecule has 0 spiro atoms. The molecule has 1 aliphatic rings. The number of halogens is 2. The maximum absolute atomic E-state index is 13.9. The van der Waals surface area contributed by atoms with Crippen molar-refractivity contribution >= 4 is 23.5 Å². The van der Waals surface area contributed by atoms with Crippen molar-refractivity contribution in [3.05, 3.63) is 99.3 Å². The first-order chi connectivity index (χ1) is 17.3. The van der Waals surface area contributed by atoms with E-state index in [-0.39, 0.29) is 22.9 Å². The first kappa shape index (κ1) is 26.7. The molecule has 1 aliphatic heterocycles. The smallest absolute Gasteiger partial charge is 0.323 e. The first-order valence-electron chi connectivity index (χ1n) is 12.2. The van der Waals surface area contributed by atoms with Crippen LogP contribution in [0.5, 0.6) is 5.75 Å². The van der Waals surface area contributed by atoms with E-state index < -0.39 is 23.9 Å². The monoisotopic (exact) mass is 523 g/mol. The van der Waals surface area contributed by atoms with Gasteiger partial charge in [-0.05, 0) is 64.9 Å². The summed E-state index contributed by atoms with van der Waals surface area (Å²) in [5.41, 5.74) is 3.42. The summed E-state index contributed by atoms with van der Waals surface area (Å²) in [5.74, 6) is -1.25. The van der Waals surface area contributed by atoms with Gasteiger partial charge < -0.3 is 14.7 Å². The third-order valence-electron chi connectivity index (χ3n) is 6.60. The van der Waals surface area contributed by atoms with Crippen LogP contribution in [0, 0.1) is 5.82 Å². The van der Waals surface area contributed by atoms with Crippen molar-refractivity contribution in [2.45, 2.75) is 58.1 Å². The van der Waals surface area contributed by atoms with Crippen LogP contribution >= 0.6 is 11.6 Å². The highest BCUT2D eigenvalue weighted by Gasteiger charge is 2.36. The maximum Gasteiger partial charge on any atom is 0.323 e. The largest absolute Gasteiger partial charge is 0.487 e. The molecular formula is C30H31ClFNO4. The minimum Gasteiger partial charge on any atom is -0.487 e. The zero-order chi connectivity index (χ0) is 27.0. The van der Waals surface area contributed by atoms with Crippen LogP contribution in [0.1, 0.15) is 60.3 Å². The van der Waals surface area contributed by atoms with Crippen LogP contribution < -0.4 is 4.74 Å². The molecule has 194 valence electrons. The van der Waals surface area contributed by atoms with Gasteiger partial charge in [-0.25, -0.2) is 4.39 Å². The van der Waals surface area contributed by atoms with E-state index in [0.717, 1.165) is 22.3 Å². The Kier molecular flexibility index (Phi) is 7.33. The Labute approximate surface area is 221 Å². The Hall–Kier alpha value is -3.38. The number of aliphatic carboxylic acids is 1. The fourth-order valence-corrected chi connectivity index (χ4v) is 4.83. The van der Waals surface area contributed by atoms with Gasteiger partial charge in [-0.15, -0.1) is 0 Å². The van der Waals surface area contributed by atoms with Gasteiger partial charge in [-0.1, -0.05) is 62.7 Å². The van der Waals surface area contributed by atoms with Crippen LogP contribution in [0.2, 0.25) is 5.02 Å². The van der Waals surface area contributed by atoms with Crippen LogP contribution in [0.3, 0.4) is 0 Å². The van der Waals surface area contributed by atoms with Crippen molar-refractivity contribution in [3.8, 4) is 5.75 Å². The summed E-state index contributed by atoms with van der Waals surface area (Å²) < 4.78 is 20.1. The summed E-state index contributed by atoms with van der Waals surface area (Å²) in [4.78, 5) is 26.3. The Bertz CT molecular complexity index is 1330. The number of benzene rings is 3. The number of ether oxygens (including phenoxy) is 1. The second-order valence-electron chi connectivity index (χ2n) is 11.0. The van der Waals surface area contributed by atoms with Crippen molar-refractivity contribution < 1.29 is 23.8 Å². The van der Waals surface area contributed by atoms with Gasteiger partial charge in [0, 0.05) is 24.9 Å². The molecule has 7 heteroatoms. The lowest BCUT2D eigenvalue weighted by atomic mass is 9.87. The number of carboxylic acid groups (broad SMARTS) is 1. The molecule has 0 radical (unpaired) electrons. The number of carbonyl (C=O) groups is 2. The van der Waals surface area contributed by atoms with Gasteiger partial charge in [0.2, 0.25) is 0 Å². The topological polar surface area (TPSA) is 66.8 Å². The molecule has 3 aromatic carbocycles. The average Bonchev–Trinajstić information content (AvgIpc) is 3.15. The molecular weight excluding hydrogens is 493 g/mol. The number of carboxylic acids is 1. The van der Waals surface area contributed by atoms with Crippen molar-refractivity contribution in [1.82, 2.24) is 4.90 Å². The van der Waals surface area contributed by atoms with E-state index in [0.29, 0.717) is 24.2 Å². The van der Waals surface area contributed by atoms with Crippen molar-refractivity contribution in [1.29, 1.82) is 0 Å². The third-order valence-corrected chi connectivity index (χ3v) is 6.90. The lowest BCUT2D eigenvalue weighted by Crippen LogP contribution is -2.35. The third kappa shape index (κ3) is 6.31. The number of fused-ring (bicyclic) bond motifs is 1. The molecule has 3 aromatic rings. The Morgan fingerprint density at radius 2 is 1.73 bits per heavy atom. The normalized spacial score (nSPS) is 16.7. The van der Waals surface area contributed by atoms with E-state index in [9.17, 15) is 19.1 Å². The lowest BCUT2D eigenvalue weighted by molar-refractivity contribution is -0.137. The van der Waals surface area contributed by atoms with E-state index >= 15 is 0 Å². The quantitative estimate of drug-likeness (QED) is 0.387. The van der Waals surface area contributed by atoms with Crippen LogP contribution in [-0.2, 0) is 29.6 Å². The number of nitrogens with zero attached hydrogens (tertiary/aromatic N) is 1. The van der Waals surface area contributed by atoms with Crippen LogP contribution in [0.4, 0.5) is 4.39 Å². The van der Waals surface area contributed by atoms with Gasteiger partial charge in [-0.3, -0.25) is 9.59 Å². The Balaban J connectivity index is 1.51. The van der Waals surface area contributed by atoms with Crippen LogP contribution in [-0.4, -0.2) is 34.0 Å². The summed E-state index contributed by atoms with van der Waals surface area (Å²) in [7, 11) is 0. The highest BCUT2D eigenvalue weighted by molar-refractivity contribution is 6.30. The number of hydrogen-bond donors (Lipinski definition) is 1. The van der Waals surface area contributed by atoms with E-state index in [2.05, 4.69) is 20.8 Å². The van der Waals surface area contributed by atoms with Gasteiger partial charge in [-0.2, -0.15) is 0 Å². The summed E-state index contributed by atoms with van der Waals surface area (Å²) in [5, 5.41) is 9.53. The van der Waals surface area contributed by atoms with Gasteiger partial charge in [0.05, 0.1) is 5.02 Å². The zero-order valence-electron chi connectivity index (χ0n) is 21.5. The first-order valence-corrected chi connectivity index (χ1v) is 12.6. The maximum atomic E-state index is 13.9. The van der Waals surface area contributed by atoms with Crippen LogP contribution in [0.15, 0.2) is 60.7 Å². The molecule has 1 amide bonds. The molecule has 1 N–H and O–H groups in total. The van der Waals surface area contributed by atoms with Crippen molar-refractivity contribution in [2.24, 2.45) is 0 Å². The summed E-state index contributed by atoms with van der Waals surface area (Å²) >= 11 is 5.81. The number of hydrogen-bond acceptors (Lipinski definition) is 3. The van der Waals surface area contributed by atoms with E-state index in [4.69, 9.17) is 16.3 Å². The summed E-state index contributed by atoms with van der Waals surface area (Å²) in [6, 6.07) is 17.8. The lowest BCUT2D eigenvalue weighted by Gasteiger charge is -2.24. The second kappa shape index (κ2) is 10.2. The zero-order valence-corrected chi connectivity index (χ0v) is 22.2. The van der Waals surface area contributed by atoms with Gasteiger partial charge in [0.1, 0.15) is 23.7 Å². The van der Waals surface area contributed by atoms with E-state index in [1.165, 1.54) is 17.0 Å². The highest BCUT2D eigenvalue weighted by atomic mass is 35.5. The molecule has 37 heavy (non-hydrogen) atoms. The molecule has 0 saturated heterocycles. The molecule has 5 nitrogen and oxygen atoms in total. The van der Waals surface area contributed by atoms with E-state index in [1.807, 2.05) is 31.2 Å². The minimum absolute atomic E-state index is 0.00217. The number of rotatable bonds is 7. The molecule has 0 unspecified atom stereocenters. The Morgan fingerprint density at radius 1 is 1.05 bits per heavy atom. The predicted octanol–water partition coefficient (Wildman–Crippen LogP) is 6.44. The summed E-state index contributed by atoms with van der Waals surface area (Å²) in [6.07, 6.45) is 0.996. The fraction of sp³-hybridized carbons (Fsp3) is 0.333. The number of carbonyl (C=O) groups excluding carboxylic acids is 1. The molecule has 1 heterocycles. The summed E-state index contributed by atoms with van der Waals surface area (Å²) in [6.45, 7) is 8.09. The average molecular weight is 524 g/mol. The van der Waals surface area contributed by atoms with Crippen molar-refractivity contribution in [2.75, 3.05) is 6.54 Å². The Morgan fingerprint density at radius 3 is 2.35 bits per heavy atom. The molecule has 0 saturated carbocycles. The standard InChI is InChI=1S/C30H31ClFNO4/c1-29(2,3)23-9-5-19(6-10-23)17-33(18-27(34)35)28(36)21-8-12-26-22(14-21)16-30(4,37-26)15-20-7-11-24(31)25(32)13-20/h5-14H,15-18H2,1-4H3,(H,34,35)/t30-/m1/s1. The molecule has 0 aromatic heterocycles. The SMILES string of the molecule is CC(C)(C)c1ccc(CN(CC(=O)O)C(=O)c2ccc3c(c2)C[C@@](C)(Cc2ccc(Cl)c(F)c2)O3)cc1. The minimum atomic E-state index is -1.08. The predicted molar refractivity (Wildman–Crippen MR) is 142 cm³/mol. The van der Waals surface area contributed by atoms with Crippen LogP contribution in [0.25, 0.3) is 0 Å². The highest BCUT2D eigenvalue weighted by Crippen LogP contribution is 2.38. The number of amides is 1. The van der Waals surface area contributed by atoms with Crippen molar-refractivity contribution in [3.63, 3.8) is 0 Å². The molecule has 4 rings (SSSR count). The second-order valence-corrected chi connectivity index (χ2v) is 11.4. The van der Waals surface area contributed by atoms with Gasteiger partial charge in [0.15, 0.2) is 0 Å².